The highest BCUT2D eigenvalue weighted by Crippen LogP contribution is 2.37. The van der Waals surface area contributed by atoms with E-state index >= 15 is 0 Å². The first-order valence-electron chi connectivity index (χ1n) is 9.22. The summed E-state index contributed by atoms with van der Waals surface area (Å²) in [6.07, 6.45) is 0.438. The number of ether oxygens (including phenoxy) is 1. The van der Waals surface area contributed by atoms with Crippen LogP contribution >= 0.6 is 0 Å². The first-order valence-corrected chi connectivity index (χ1v) is 9.22. The third-order valence-corrected chi connectivity index (χ3v) is 5.07. The molecule has 0 bridgehead atoms. The van der Waals surface area contributed by atoms with Crippen LogP contribution in [0.15, 0.2) is 40.9 Å². The van der Waals surface area contributed by atoms with Crippen molar-refractivity contribution < 1.29 is 27.2 Å². The second kappa shape index (κ2) is 7.74. The van der Waals surface area contributed by atoms with E-state index in [4.69, 9.17) is 9.26 Å². The van der Waals surface area contributed by atoms with E-state index in [0.29, 0.717) is 23.5 Å². The van der Waals surface area contributed by atoms with Gasteiger partial charge in [-0.1, -0.05) is 17.3 Å². The van der Waals surface area contributed by atoms with Crippen LogP contribution in [-0.2, 0) is 13.0 Å². The Labute approximate surface area is 170 Å². The molecule has 0 saturated carbocycles. The van der Waals surface area contributed by atoms with Crippen LogP contribution < -0.4 is 10.1 Å². The lowest BCUT2D eigenvalue weighted by atomic mass is 9.97. The number of hydrogen-bond acceptors (Lipinski definition) is 4. The van der Waals surface area contributed by atoms with E-state index < -0.39 is 23.5 Å². The first kappa shape index (κ1) is 19.8. The first-order chi connectivity index (χ1) is 14.4. The van der Waals surface area contributed by atoms with Gasteiger partial charge in [-0.25, -0.2) is 18.0 Å². The van der Waals surface area contributed by atoms with Crippen LogP contribution in [0.1, 0.15) is 18.2 Å². The van der Waals surface area contributed by atoms with Gasteiger partial charge in [0, 0.05) is 35.8 Å². The second-order valence-corrected chi connectivity index (χ2v) is 7.00. The fourth-order valence-electron chi connectivity index (χ4n) is 3.52. The molecule has 0 unspecified atom stereocenters. The molecule has 0 saturated heterocycles. The van der Waals surface area contributed by atoms with Gasteiger partial charge in [-0.2, -0.15) is 0 Å². The monoisotopic (exact) mass is 417 g/mol. The maximum absolute atomic E-state index is 13.5. The SMILES string of the molecule is COc1ccccc1-c1onc2c1CN(C(=O)Nc1cc(F)c(F)c(F)c1)[C@@H](C)C2. The lowest BCUT2D eigenvalue weighted by Gasteiger charge is -2.32. The molecule has 1 aliphatic heterocycles. The van der Waals surface area contributed by atoms with Gasteiger partial charge in [0.2, 0.25) is 0 Å². The number of urea groups is 1. The van der Waals surface area contributed by atoms with Crippen LogP contribution in [0.4, 0.5) is 23.7 Å². The lowest BCUT2D eigenvalue weighted by Crippen LogP contribution is -2.44. The minimum absolute atomic E-state index is 0.172. The molecule has 1 aromatic heterocycles. The Morgan fingerprint density at radius 3 is 2.63 bits per heavy atom. The van der Waals surface area contributed by atoms with Gasteiger partial charge in [0.05, 0.1) is 24.9 Å². The zero-order valence-electron chi connectivity index (χ0n) is 16.2. The molecule has 2 aromatic carbocycles. The van der Waals surface area contributed by atoms with Gasteiger partial charge in [-0.05, 0) is 19.1 Å². The summed E-state index contributed by atoms with van der Waals surface area (Å²) in [5, 5.41) is 6.56. The summed E-state index contributed by atoms with van der Waals surface area (Å²) in [6.45, 7) is 2.00. The van der Waals surface area contributed by atoms with E-state index in [1.807, 2.05) is 25.1 Å². The average Bonchev–Trinajstić information content (AvgIpc) is 3.13. The van der Waals surface area contributed by atoms with Crippen molar-refractivity contribution in [2.75, 3.05) is 12.4 Å². The molecule has 1 atom stereocenters. The third kappa shape index (κ3) is 3.47. The number of methoxy groups -OCH3 is 1. The molecule has 30 heavy (non-hydrogen) atoms. The molecule has 2 heterocycles. The predicted octanol–water partition coefficient (Wildman–Crippen LogP) is 4.75. The van der Waals surface area contributed by atoms with E-state index in [1.54, 1.807) is 13.2 Å². The number of rotatable bonds is 3. The normalized spacial score (nSPS) is 15.6. The van der Waals surface area contributed by atoms with Gasteiger partial charge in [0.15, 0.2) is 23.2 Å². The van der Waals surface area contributed by atoms with Crippen LogP contribution in [0.5, 0.6) is 5.75 Å². The molecular weight excluding hydrogens is 399 g/mol. The van der Waals surface area contributed by atoms with Gasteiger partial charge in [-0.3, -0.25) is 0 Å². The number of hydrogen-bond donors (Lipinski definition) is 1. The highest BCUT2D eigenvalue weighted by atomic mass is 19.2. The molecule has 1 aliphatic rings. The summed E-state index contributed by atoms with van der Waals surface area (Å²) in [6, 6.07) is 7.92. The Balaban J connectivity index is 1.62. The van der Waals surface area contributed by atoms with E-state index in [0.717, 1.165) is 23.4 Å². The van der Waals surface area contributed by atoms with E-state index in [-0.39, 0.29) is 18.3 Å². The Kier molecular flexibility index (Phi) is 5.11. The number of halogens is 3. The van der Waals surface area contributed by atoms with Crippen molar-refractivity contribution in [1.29, 1.82) is 0 Å². The van der Waals surface area contributed by atoms with Gasteiger partial charge < -0.3 is 19.5 Å². The Morgan fingerprint density at radius 1 is 1.23 bits per heavy atom. The maximum Gasteiger partial charge on any atom is 0.322 e. The molecule has 2 amide bonds. The smallest absolute Gasteiger partial charge is 0.322 e. The van der Waals surface area contributed by atoms with Crippen LogP contribution in [0.3, 0.4) is 0 Å². The fourth-order valence-corrected chi connectivity index (χ4v) is 3.52. The number of carbonyl (C=O) groups is 1. The van der Waals surface area contributed by atoms with Crippen molar-refractivity contribution in [3.63, 3.8) is 0 Å². The number of nitrogens with one attached hydrogen (secondary N) is 1. The van der Waals surface area contributed by atoms with Crippen molar-refractivity contribution in [3.05, 3.63) is 65.1 Å². The topological polar surface area (TPSA) is 67.6 Å². The van der Waals surface area contributed by atoms with Crippen molar-refractivity contribution in [1.82, 2.24) is 10.1 Å². The number of benzene rings is 2. The Bertz CT molecular complexity index is 1090. The van der Waals surface area contributed by atoms with E-state index in [1.165, 1.54) is 4.90 Å². The summed E-state index contributed by atoms with van der Waals surface area (Å²) in [5.41, 5.74) is 1.98. The number of amides is 2. The fraction of sp³-hybridized carbons (Fsp3) is 0.238. The van der Waals surface area contributed by atoms with E-state index in [9.17, 15) is 18.0 Å². The second-order valence-electron chi connectivity index (χ2n) is 7.00. The summed E-state index contributed by atoms with van der Waals surface area (Å²) in [4.78, 5) is 14.3. The van der Waals surface area contributed by atoms with Gasteiger partial charge in [-0.15, -0.1) is 0 Å². The molecule has 156 valence electrons. The zero-order chi connectivity index (χ0) is 21.4. The third-order valence-electron chi connectivity index (χ3n) is 5.07. The average molecular weight is 417 g/mol. The van der Waals surface area contributed by atoms with Gasteiger partial charge in [0.25, 0.3) is 0 Å². The van der Waals surface area contributed by atoms with Crippen molar-refractivity contribution in [3.8, 4) is 17.1 Å². The van der Waals surface area contributed by atoms with Crippen LogP contribution in [0.25, 0.3) is 11.3 Å². The highest BCUT2D eigenvalue weighted by molar-refractivity contribution is 5.90. The number of para-hydroxylation sites is 1. The zero-order valence-corrected chi connectivity index (χ0v) is 16.2. The number of nitrogens with zero attached hydrogens (tertiary/aromatic N) is 2. The summed E-state index contributed by atoms with van der Waals surface area (Å²) >= 11 is 0. The molecule has 3 aromatic rings. The summed E-state index contributed by atoms with van der Waals surface area (Å²) in [5.74, 6) is -3.25. The van der Waals surface area contributed by atoms with Crippen LogP contribution in [0.2, 0.25) is 0 Å². The quantitative estimate of drug-likeness (QED) is 0.625. The molecule has 0 fully saturated rings. The Morgan fingerprint density at radius 2 is 1.93 bits per heavy atom. The van der Waals surface area contributed by atoms with Crippen molar-refractivity contribution >= 4 is 11.7 Å². The molecule has 0 aliphatic carbocycles. The van der Waals surface area contributed by atoms with Crippen molar-refractivity contribution in [2.45, 2.75) is 25.9 Å². The van der Waals surface area contributed by atoms with Crippen LogP contribution in [-0.4, -0.2) is 29.2 Å². The van der Waals surface area contributed by atoms with Gasteiger partial charge >= 0.3 is 6.03 Å². The van der Waals surface area contributed by atoms with E-state index in [2.05, 4.69) is 10.5 Å². The number of aromatic nitrogens is 1. The molecular formula is C21H18F3N3O3. The lowest BCUT2D eigenvalue weighted by molar-refractivity contribution is 0.182. The largest absolute Gasteiger partial charge is 0.496 e. The predicted molar refractivity (Wildman–Crippen MR) is 103 cm³/mol. The van der Waals surface area contributed by atoms with Crippen molar-refractivity contribution in [2.24, 2.45) is 0 Å². The molecule has 1 N–H and O–H groups in total. The number of fused-ring (bicyclic) bond motifs is 1. The van der Waals surface area contributed by atoms with Gasteiger partial charge in [0.1, 0.15) is 5.75 Å². The molecule has 0 spiro atoms. The van der Waals surface area contributed by atoms with Crippen LogP contribution in [0, 0.1) is 17.5 Å². The Hall–Kier alpha value is -3.49. The molecule has 6 nitrogen and oxygen atoms in total. The minimum atomic E-state index is -1.59. The summed E-state index contributed by atoms with van der Waals surface area (Å²) < 4.78 is 51.0. The highest BCUT2D eigenvalue weighted by Gasteiger charge is 2.33. The minimum Gasteiger partial charge on any atom is -0.496 e. The molecule has 4 rings (SSSR count). The number of carbonyl (C=O) groups excluding carboxylic acids is 1. The maximum atomic E-state index is 13.5. The standard InChI is InChI=1S/C21H18F3N3O3/c1-11-7-17-14(20(30-26-17)13-5-3-4-6-18(13)29-2)10-27(11)21(28)25-12-8-15(22)19(24)16(23)9-12/h3-6,8-9,11H,7,10H2,1-2H3,(H,25,28)/t11-/m0/s1. The number of anilines is 1. The molecule has 0 radical (unpaired) electrons. The molecule has 9 heteroatoms. The summed E-state index contributed by atoms with van der Waals surface area (Å²) in [7, 11) is 1.55.